The first kappa shape index (κ1) is 21.2. The Balaban J connectivity index is 1.88. The molecule has 0 radical (unpaired) electrons. The summed E-state index contributed by atoms with van der Waals surface area (Å²) in [6, 6.07) is 13.0. The summed E-state index contributed by atoms with van der Waals surface area (Å²) in [5.74, 6) is -2.49. The van der Waals surface area contributed by atoms with Crippen LogP contribution in [0.1, 0.15) is 30.7 Å². The molecule has 164 valence electrons. The van der Waals surface area contributed by atoms with Gasteiger partial charge < -0.3 is 9.84 Å². The first-order valence-corrected chi connectivity index (χ1v) is 10.1. The highest BCUT2D eigenvalue weighted by molar-refractivity contribution is 6.11. The number of benzene rings is 2. The maximum absolute atomic E-state index is 13.5. The summed E-state index contributed by atoms with van der Waals surface area (Å²) in [5, 5.41) is 12.1. The van der Waals surface area contributed by atoms with Crippen LogP contribution in [0.5, 0.6) is 5.75 Å². The van der Waals surface area contributed by atoms with Gasteiger partial charge in [0.1, 0.15) is 18.2 Å². The van der Waals surface area contributed by atoms with Crippen LogP contribution in [0.25, 0.3) is 10.9 Å². The second-order valence-corrected chi connectivity index (χ2v) is 7.65. The SMILES string of the molecule is Cc1nc2ccc(O)cc2c(=O)n1C1(C(=O)OCc2ccccc2)CCCC(=O)NC1=O. The standard InChI is InChI=1S/C23H21N3O6/c1-14-24-18-10-9-16(27)12-17(18)20(29)26(14)23(11-5-8-19(28)25-21(23)30)22(31)32-13-15-6-3-2-4-7-15/h2-4,6-7,9-10,12,27H,5,8,11,13H2,1H3,(H,25,28,30). The molecule has 2 aromatic carbocycles. The maximum atomic E-state index is 13.5. The molecule has 2 amide bonds. The normalized spacial score (nSPS) is 18.8. The minimum atomic E-state index is -2.12. The molecule has 32 heavy (non-hydrogen) atoms. The molecule has 1 atom stereocenters. The van der Waals surface area contributed by atoms with E-state index in [0.29, 0.717) is 11.1 Å². The van der Waals surface area contributed by atoms with Crippen LogP contribution in [-0.2, 0) is 31.3 Å². The number of rotatable bonds is 4. The van der Waals surface area contributed by atoms with Gasteiger partial charge in [-0.15, -0.1) is 0 Å². The second kappa shape index (κ2) is 8.26. The number of hydrogen-bond acceptors (Lipinski definition) is 7. The summed E-state index contributed by atoms with van der Waals surface area (Å²) in [5.41, 5.74) is -1.80. The van der Waals surface area contributed by atoms with E-state index in [0.717, 1.165) is 4.57 Å². The monoisotopic (exact) mass is 435 g/mol. The van der Waals surface area contributed by atoms with E-state index in [1.165, 1.54) is 25.1 Å². The van der Waals surface area contributed by atoms with Crippen molar-refractivity contribution >= 4 is 28.7 Å². The number of nitrogens with zero attached hydrogens (tertiary/aromatic N) is 2. The van der Waals surface area contributed by atoms with Crippen LogP contribution in [0.2, 0.25) is 0 Å². The fraction of sp³-hybridized carbons (Fsp3) is 0.261. The van der Waals surface area contributed by atoms with Crippen LogP contribution in [0, 0.1) is 6.92 Å². The molecule has 4 rings (SSSR count). The van der Waals surface area contributed by atoms with Crippen LogP contribution >= 0.6 is 0 Å². The predicted molar refractivity (Wildman–Crippen MR) is 114 cm³/mol. The minimum absolute atomic E-state index is 0.0229. The number of nitrogens with one attached hydrogen (secondary N) is 1. The molecule has 0 aliphatic carbocycles. The number of ether oxygens (including phenoxy) is 1. The highest BCUT2D eigenvalue weighted by Gasteiger charge is 2.52. The Hall–Kier alpha value is -4.01. The lowest BCUT2D eigenvalue weighted by Crippen LogP contribution is -2.58. The van der Waals surface area contributed by atoms with Gasteiger partial charge >= 0.3 is 5.97 Å². The highest BCUT2D eigenvalue weighted by Crippen LogP contribution is 2.30. The van der Waals surface area contributed by atoms with Crippen molar-refractivity contribution in [3.05, 3.63) is 70.3 Å². The van der Waals surface area contributed by atoms with Crippen molar-refractivity contribution in [2.45, 2.75) is 38.3 Å². The van der Waals surface area contributed by atoms with E-state index in [1.54, 1.807) is 24.3 Å². The van der Waals surface area contributed by atoms with Crippen molar-refractivity contribution in [1.29, 1.82) is 0 Å². The van der Waals surface area contributed by atoms with Gasteiger partial charge in [-0.05, 0) is 43.5 Å². The number of imide groups is 1. The number of hydrogen-bond donors (Lipinski definition) is 2. The quantitative estimate of drug-likeness (QED) is 0.362. The van der Waals surface area contributed by atoms with Gasteiger partial charge in [-0.1, -0.05) is 30.3 Å². The summed E-state index contributed by atoms with van der Waals surface area (Å²) >= 11 is 0. The third-order valence-corrected chi connectivity index (χ3v) is 5.52. The minimum Gasteiger partial charge on any atom is -0.508 e. The van der Waals surface area contributed by atoms with Crippen LogP contribution in [0.4, 0.5) is 0 Å². The maximum Gasteiger partial charge on any atom is 0.342 e. The fourth-order valence-corrected chi connectivity index (χ4v) is 3.99. The number of aromatic nitrogens is 2. The third-order valence-electron chi connectivity index (χ3n) is 5.52. The van der Waals surface area contributed by atoms with E-state index in [9.17, 15) is 24.3 Å². The van der Waals surface area contributed by atoms with Crippen LogP contribution in [-0.4, -0.2) is 32.4 Å². The first-order chi connectivity index (χ1) is 15.3. The van der Waals surface area contributed by atoms with E-state index in [-0.39, 0.29) is 42.8 Å². The number of carbonyl (C=O) groups is 3. The van der Waals surface area contributed by atoms with Gasteiger partial charge in [0, 0.05) is 6.42 Å². The lowest BCUT2D eigenvalue weighted by atomic mass is 9.91. The molecule has 2 N–H and O–H groups in total. The number of phenols is 1. The molecule has 1 unspecified atom stereocenters. The zero-order valence-corrected chi connectivity index (χ0v) is 17.3. The van der Waals surface area contributed by atoms with Gasteiger partial charge in [0.15, 0.2) is 0 Å². The van der Waals surface area contributed by atoms with E-state index in [4.69, 9.17) is 4.74 Å². The number of esters is 1. The Morgan fingerprint density at radius 1 is 1.19 bits per heavy atom. The number of aryl methyl sites for hydroxylation is 1. The Labute approximate surface area is 182 Å². The molecule has 9 heteroatoms. The van der Waals surface area contributed by atoms with E-state index >= 15 is 0 Å². The number of fused-ring (bicyclic) bond motifs is 1. The molecule has 0 bridgehead atoms. The summed E-state index contributed by atoms with van der Waals surface area (Å²) < 4.78 is 6.47. The lowest BCUT2D eigenvalue weighted by Gasteiger charge is -2.31. The molecule has 2 heterocycles. The third kappa shape index (κ3) is 3.62. The topological polar surface area (TPSA) is 128 Å². The summed E-state index contributed by atoms with van der Waals surface area (Å²) in [7, 11) is 0. The van der Waals surface area contributed by atoms with E-state index in [1.807, 2.05) is 6.07 Å². The van der Waals surface area contributed by atoms with Gasteiger partial charge in [-0.25, -0.2) is 9.78 Å². The lowest BCUT2D eigenvalue weighted by molar-refractivity contribution is -0.161. The van der Waals surface area contributed by atoms with Crippen molar-refractivity contribution in [3.8, 4) is 5.75 Å². The average molecular weight is 435 g/mol. The molecule has 3 aromatic rings. The second-order valence-electron chi connectivity index (χ2n) is 7.65. The molecule has 1 saturated heterocycles. The molecule has 1 aromatic heterocycles. The number of carbonyl (C=O) groups excluding carboxylic acids is 3. The molecule has 0 saturated carbocycles. The van der Waals surface area contributed by atoms with Crippen LogP contribution < -0.4 is 10.9 Å². The Bertz CT molecular complexity index is 1280. The first-order valence-electron chi connectivity index (χ1n) is 10.1. The zero-order chi connectivity index (χ0) is 22.9. The molecular formula is C23H21N3O6. The Morgan fingerprint density at radius 3 is 2.69 bits per heavy atom. The Kier molecular flexibility index (Phi) is 5.48. The highest BCUT2D eigenvalue weighted by atomic mass is 16.5. The molecule has 0 spiro atoms. The Morgan fingerprint density at radius 2 is 1.94 bits per heavy atom. The van der Waals surface area contributed by atoms with Crippen molar-refractivity contribution in [1.82, 2.24) is 14.9 Å². The van der Waals surface area contributed by atoms with Gasteiger partial charge in [-0.2, -0.15) is 0 Å². The van der Waals surface area contributed by atoms with Gasteiger partial charge in [0.25, 0.3) is 11.5 Å². The fourth-order valence-electron chi connectivity index (χ4n) is 3.99. The van der Waals surface area contributed by atoms with Crippen molar-refractivity contribution < 1.29 is 24.2 Å². The average Bonchev–Trinajstić information content (AvgIpc) is 2.91. The summed E-state index contributed by atoms with van der Waals surface area (Å²) in [4.78, 5) is 56.5. The number of amides is 2. The van der Waals surface area contributed by atoms with Crippen molar-refractivity contribution in [2.75, 3.05) is 0 Å². The van der Waals surface area contributed by atoms with E-state index in [2.05, 4.69) is 10.3 Å². The molecule has 9 nitrogen and oxygen atoms in total. The summed E-state index contributed by atoms with van der Waals surface area (Å²) in [6.07, 6.45) is 0.0853. The number of aromatic hydroxyl groups is 1. The molecule has 1 aliphatic heterocycles. The number of phenolic OH excluding ortho intramolecular Hbond substituents is 1. The van der Waals surface area contributed by atoms with Gasteiger partial charge in [-0.3, -0.25) is 24.3 Å². The molecule has 1 fully saturated rings. The zero-order valence-electron chi connectivity index (χ0n) is 17.3. The van der Waals surface area contributed by atoms with Crippen LogP contribution in [0.3, 0.4) is 0 Å². The van der Waals surface area contributed by atoms with Gasteiger partial charge in [0.2, 0.25) is 11.4 Å². The molecular weight excluding hydrogens is 414 g/mol. The predicted octanol–water partition coefficient (Wildman–Crippen LogP) is 1.68. The van der Waals surface area contributed by atoms with Crippen molar-refractivity contribution in [3.63, 3.8) is 0 Å². The van der Waals surface area contributed by atoms with Crippen LogP contribution in [0.15, 0.2) is 53.3 Å². The summed E-state index contributed by atoms with van der Waals surface area (Å²) in [6.45, 7) is 1.39. The largest absolute Gasteiger partial charge is 0.508 e. The smallest absolute Gasteiger partial charge is 0.342 e. The van der Waals surface area contributed by atoms with Crippen molar-refractivity contribution in [2.24, 2.45) is 0 Å². The van der Waals surface area contributed by atoms with Gasteiger partial charge in [0.05, 0.1) is 10.9 Å². The molecule has 1 aliphatic rings. The van der Waals surface area contributed by atoms with E-state index < -0.39 is 28.9 Å².